The van der Waals surface area contributed by atoms with Gasteiger partial charge in [0.15, 0.2) is 0 Å². The first-order chi connectivity index (χ1) is 18.6. The Morgan fingerprint density at radius 3 is 2.00 bits per heavy atom. The van der Waals surface area contributed by atoms with E-state index in [0.717, 1.165) is 0 Å². The molecule has 220 valence electrons. The molecule has 3 rings (SSSR count). The molecule has 1 aliphatic rings. The molecule has 10 nitrogen and oxygen atoms in total. The number of piperidine rings is 1. The van der Waals surface area contributed by atoms with Crippen LogP contribution in [0.15, 0.2) is 59.5 Å². The minimum absolute atomic E-state index is 0.0164. The van der Waals surface area contributed by atoms with E-state index >= 15 is 0 Å². The Balaban J connectivity index is 2.08. The minimum atomic E-state index is -4.22. The van der Waals surface area contributed by atoms with Gasteiger partial charge in [0, 0.05) is 19.6 Å². The quantitative estimate of drug-likeness (QED) is 0.461. The van der Waals surface area contributed by atoms with Crippen molar-refractivity contribution >= 4 is 22.0 Å². The topological polar surface area (TPSA) is 114 Å². The minimum Gasteiger partial charge on any atom is -0.497 e. The number of hydrogen-bond donors (Lipinski definition) is 1. The molecule has 40 heavy (non-hydrogen) atoms. The molecule has 1 aliphatic heterocycles. The Hall–Kier alpha value is -3.15. The predicted molar refractivity (Wildman–Crippen MR) is 151 cm³/mol. The van der Waals surface area contributed by atoms with Crippen molar-refractivity contribution in [3.05, 3.63) is 60.2 Å². The molecule has 0 radical (unpaired) electrons. The largest absolute Gasteiger partial charge is 0.497 e. The molecule has 2 aromatic carbocycles. The van der Waals surface area contributed by atoms with E-state index in [1.807, 2.05) is 30.3 Å². The van der Waals surface area contributed by atoms with E-state index in [0.29, 0.717) is 11.3 Å². The third-order valence-electron chi connectivity index (χ3n) is 6.41. The Morgan fingerprint density at radius 1 is 0.925 bits per heavy atom. The van der Waals surface area contributed by atoms with E-state index in [9.17, 15) is 18.0 Å². The number of sulfonamides is 1. The van der Waals surface area contributed by atoms with Gasteiger partial charge in [-0.15, -0.1) is 0 Å². The molecule has 0 aromatic heterocycles. The zero-order valence-electron chi connectivity index (χ0n) is 24.4. The summed E-state index contributed by atoms with van der Waals surface area (Å²) < 4.78 is 40.6. The molecule has 0 unspecified atom stereocenters. The third kappa shape index (κ3) is 7.74. The molecule has 0 bridgehead atoms. The fourth-order valence-electron chi connectivity index (χ4n) is 4.36. The maximum Gasteiger partial charge on any atom is 0.410 e. The van der Waals surface area contributed by atoms with Gasteiger partial charge in [-0.05, 0) is 84.2 Å². The lowest BCUT2D eigenvalue weighted by atomic mass is 9.86. The van der Waals surface area contributed by atoms with Gasteiger partial charge >= 0.3 is 6.09 Å². The van der Waals surface area contributed by atoms with Crippen molar-refractivity contribution < 1.29 is 32.3 Å². The van der Waals surface area contributed by atoms with Gasteiger partial charge in [0.2, 0.25) is 10.0 Å². The van der Waals surface area contributed by atoms with E-state index in [4.69, 9.17) is 14.3 Å². The van der Waals surface area contributed by atoms with Crippen LogP contribution < -0.4 is 10.2 Å². The number of hydroxylamine groups is 1. The summed E-state index contributed by atoms with van der Waals surface area (Å²) in [6.07, 6.45) is -0.443. The number of likely N-dealkylation sites (tertiary alicyclic amines) is 1. The zero-order valence-corrected chi connectivity index (χ0v) is 25.2. The number of carbonyl (C=O) groups is 2. The second-order valence-corrected chi connectivity index (χ2v) is 13.7. The normalized spacial score (nSPS) is 15.9. The molecule has 1 saturated heterocycles. The van der Waals surface area contributed by atoms with Crippen LogP contribution in [0.4, 0.5) is 4.79 Å². The summed E-state index contributed by atoms with van der Waals surface area (Å²) in [6, 6.07) is 15.1. The molecule has 0 saturated carbocycles. The van der Waals surface area contributed by atoms with Crippen molar-refractivity contribution in [2.75, 3.05) is 20.2 Å². The molecule has 0 atom stereocenters. The Bertz CT molecular complexity index is 1260. The number of carbonyl (C=O) groups excluding carboxylic acids is 2. The average molecular weight is 576 g/mol. The van der Waals surface area contributed by atoms with E-state index in [1.54, 1.807) is 53.7 Å². The van der Waals surface area contributed by atoms with Crippen LogP contribution in [0, 0.1) is 0 Å². The Labute approximate surface area is 237 Å². The summed E-state index contributed by atoms with van der Waals surface area (Å²) in [6.45, 7) is 10.8. The Morgan fingerprint density at radius 2 is 1.50 bits per heavy atom. The van der Waals surface area contributed by atoms with E-state index in [2.05, 4.69) is 5.48 Å². The van der Waals surface area contributed by atoms with Crippen molar-refractivity contribution in [1.82, 2.24) is 14.7 Å². The lowest BCUT2D eigenvalue weighted by Crippen LogP contribution is -2.65. The number of hydrogen-bond acceptors (Lipinski definition) is 7. The van der Waals surface area contributed by atoms with Crippen LogP contribution in [-0.4, -0.2) is 66.6 Å². The van der Waals surface area contributed by atoms with Crippen LogP contribution in [0.25, 0.3) is 0 Å². The van der Waals surface area contributed by atoms with Crippen molar-refractivity contribution in [1.29, 1.82) is 0 Å². The van der Waals surface area contributed by atoms with Crippen molar-refractivity contribution in [3.63, 3.8) is 0 Å². The van der Waals surface area contributed by atoms with Gasteiger partial charge in [0.25, 0.3) is 5.91 Å². The number of nitrogens with zero attached hydrogens (tertiary/aromatic N) is 2. The fraction of sp³-hybridized carbons (Fsp3) is 0.517. The molecule has 1 fully saturated rings. The highest BCUT2D eigenvalue weighted by Gasteiger charge is 2.52. The van der Waals surface area contributed by atoms with Crippen LogP contribution in [0.1, 0.15) is 59.9 Å². The molecule has 2 amide bonds. The highest BCUT2D eigenvalue weighted by molar-refractivity contribution is 7.89. The van der Waals surface area contributed by atoms with Crippen LogP contribution in [0.3, 0.4) is 0 Å². The number of amides is 2. The first-order valence-electron chi connectivity index (χ1n) is 13.2. The number of methoxy groups -OCH3 is 1. The maximum absolute atomic E-state index is 14.3. The van der Waals surface area contributed by atoms with E-state index in [-0.39, 0.29) is 37.4 Å². The van der Waals surface area contributed by atoms with Crippen LogP contribution in [0.2, 0.25) is 0 Å². The number of nitrogens with one attached hydrogen (secondary N) is 1. The molecule has 0 spiro atoms. The number of rotatable bonds is 8. The maximum atomic E-state index is 14.3. The van der Waals surface area contributed by atoms with Crippen molar-refractivity contribution in [2.45, 2.75) is 82.6 Å². The monoisotopic (exact) mass is 575 g/mol. The highest BCUT2D eigenvalue weighted by atomic mass is 32.2. The smallest absolute Gasteiger partial charge is 0.410 e. The molecule has 11 heteroatoms. The SMILES string of the molecule is COc1ccc(S(=O)(=O)N(Cc2ccccc2)C2(C(=O)NOC(C)(C)C)CCN(C(=O)OC(C)(C)C)CC2)cc1. The first-order valence-corrected chi connectivity index (χ1v) is 14.7. The number of ether oxygens (including phenoxy) is 2. The molecule has 1 heterocycles. The predicted octanol–water partition coefficient (Wildman–Crippen LogP) is 4.50. The molecule has 0 aliphatic carbocycles. The van der Waals surface area contributed by atoms with Crippen molar-refractivity contribution in [2.24, 2.45) is 0 Å². The molecular formula is C29H41N3O7S. The zero-order chi connectivity index (χ0) is 29.8. The summed E-state index contributed by atoms with van der Waals surface area (Å²) in [5.41, 5.74) is 0.264. The van der Waals surface area contributed by atoms with Crippen molar-refractivity contribution in [3.8, 4) is 5.75 Å². The first kappa shape index (κ1) is 31.4. The van der Waals surface area contributed by atoms with E-state index in [1.165, 1.54) is 28.4 Å². The van der Waals surface area contributed by atoms with Crippen LogP contribution in [0.5, 0.6) is 5.75 Å². The number of benzene rings is 2. The lowest BCUT2D eigenvalue weighted by molar-refractivity contribution is -0.158. The fourth-order valence-corrected chi connectivity index (χ4v) is 6.14. The van der Waals surface area contributed by atoms with Gasteiger partial charge in [-0.25, -0.2) is 18.7 Å². The van der Waals surface area contributed by atoms with Gasteiger partial charge in [-0.3, -0.25) is 9.63 Å². The summed E-state index contributed by atoms with van der Waals surface area (Å²) in [5.74, 6) is -0.0930. The van der Waals surface area contributed by atoms with Crippen LogP contribution >= 0.6 is 0 Å². The summed E-state index contributed by atoms with van der Waals surface area (Å²) in [4.78, 5) is 33.9. The highest BCUT2D eigenvalue weighted by Crippen LogP contribution is 2.37. The molecular weight excluding hydrogens is 534 g/mol. The Kier molecular flexibility index (Phi) is 9.54. The second-order valence-electron chi connectivity index (χ2n) is 11.8. The summed E-state index contributed by atoms with van der Waals surface area (Å²) >= 11 is 0. The van der Waals surface area contributed by atoms with Gasteiger partial charge in [-0.2, -0.15) is 4.31 Å². The van der Waals surface area contributed by atoms with Gasteiger partial charge in [0.1, 0.15) is 16.9 Å². The van der Waals surface area contributed by atoms with Gasteiger partial charge in [0.05, 0.1) is 17.6 Å². The third-order valence-corrected chi connectivity index (χ3v) is 8.34. The van der Waals surface area contributed by atoms with E-state index < -0.39 is 38.8 Å². The van der Waals surface area contributed by atoms with Crippen LogP contribution in [-0.2, 0) is 30.9 Å². The molecule has 1 N–H and O–H groups in total. The average Bonchev–Trinajstić information content (AvgIpc) is 2.89. The lowest BCUT2D eigenvalue weighted by Gasteiger charge is -2.46. The van der Waals surface area contributed by atoms with Gasteiger partial charge in [-0.1, -0.05) is 30.3 Å². The summed E-state index contributed by atoms with van der Waals surface area (Å²) in [7, 11) is -2.72. The second kappa shape index (κ2) is 12.2. The van der Waals surface area contributed by atoms with Gasteiger partial charge < -0.3 is 14.4 Å². The summed E-state index contributed by atoms with van der Waals surface area (Å²) in [5, 5.41) is 0. The standard InChI is InChI=1S/C29H41N3O7S/c1-27(2,3)38-26(34)31-19-17-29(18-20-31,25(33)30-39-28(4,5)6)32(21-22-11-9-8-10-12-22)40(35,36)24-15-13-23(37-7)14-16-24/h8-16H,17-21H2,1-7H3,(H,30,33). The molecule has 2 aromatic rings.